The van der Waals surface area contributed by atoms with Crippen LogP contribution < -0.4 is 5.32 Å². The molecule has 0 saturated heterocycles. The van der Waals surface area contributed by atoms with E-state index in [-0.39, 0.29) is 4.90 Å². The summed E-state index contributed by atoms with van der Waals surface area (Å²) in [5, 5.41) is 3.28. The van der Waals surface area contributed by atoms with E-state index in [2.05, 4.69) is 21.4 Å². The van der Waals surface area contributed by atoms with Gasteiger partial charge in [-0.3, -0.25) is 4.98 Å². The number of hydrogen-bond donors (Lipinski definition) is 2. The fourth-order valence-corrected chi connectivity index (χ4v) is 4.59. The van der Waals surface area contributed by atoms with Crippen LogP contribution >= 0.6 is 0 Å². The first-order valence-electron chi connectivity index (χ1n) is 8.25. The summed E-state index contributed by atoms with van der Waals surface area (Å²) in [4.78, 5) is 8.14. The number of hydrogen-bond acceptors (Lipinski definition) is 4. The number of nitrogens with zero attached hydrogens (tertiary/aromatic N) is 1. The number of H-pyrrole nitrogens is 1. The van der Waals surface area contributed by atoms with Crippen LogP contribution in [-0.4, -0.2) is 31.5 Å². The number of sulfone groups is 1. The lowest BCUT2D eigenvalue weighted by molar-refractivity contribution is 0.596. The van der Waals surface area contributed by atoms with Crippen molar-refractivity contribution in [3.63, 3.8) is 0 Å². The second kappa shape index (κ2) is 6.13. The topological polar surface area (TPSA) is 74.8 Å². The van der Waals surface area contributed by atoms with E-state index in [0.29, 0.717) is 15.9 Å². The minimum atomic E-state index is -3.60. The highest BCUT2D eigenvalue weighted by Crippen LogP contribution is 2.32. The van der Waals surface area contributed by atoms with Crippen LogP contribution in [0.3, 0.4) is 0 Å². The zero-order chi connectivity index (χ0) is 17.4. The van der Waals surface area contributed by atoms with Gasteiger partial charge in [-0.15, -0.1) is 0 Å². The first-order valence-corrected chi connectivity index (χ1v) is 9.73. The maximum atomic E-state index is 13.1. The van der Waals surface area contributed by atoms with Gasteiger partial charge in [0.1, 0.15) is 0 Å². The molecule has 2 aromatic heterocycles. The van der Waals surface area contributed by atoms with Gasteiger partial charge in [-0.2, -0.15) is 0 Å². The quantitative estimate of drug-likeness (QED) is 0.759. The molecule has 3 heterocycles. The molecule has 0 spiro atoms. The first kappa shape index (κ1) is 16.1. The summed E-state index contributed by atoms with van der Waals surface area (Å²) in [5.74, 6) is 0. The summed E-state index contributed by atoms with van der Waals surface area (Å²) in [6.45, 7) is 3.67. The third-order valence-corrected chi connectivity index (χ3v) is 6.37. The Morgan fingerprint density at radius 2 is 1.92 bits per heavy atom. The van der Waals surface area contributed by atoms with Crippen LogP contribution in [0.4, 0.5) is 0 Å². The largest absolute Gasteiger partial charge is 0.358 e. The third kappa shape index (κ3) is 2.77. The summed E-state index contributed by atoms with van der Waals surface area (Å²) < 4.78 is 26.1. The van der Waals surface area contributed by atoms with Crippen LogP contribution in [0.15, 0.2) is 58.6 Å². The molecular weight excluding hydrogens is 334 g/mol. The molecule has 0 unspecified atom stereocenters. The van der Waals surface area contributed by atoms with Crippen molar-refractivity contribution in [2.24, 2.45) is 0 Å². The molecule has 25 heavy (non-hydrogen) atoms. The van der Waals surface area contributed by atoms with E-state index < -0.39 is 9.84 Å². The Bertz CT molecular complexity index is 1060. The number of pyridine rings is 1. The number of benzene rings is 1. The Labute approximate surface area is 146 Å². The third-order valence-electron chi connectivity index (χ3n) is 4.56. The van der Waals surface area contributed by atoms with Gasteiger partial charge in [-0.1, -0.05) is 23.8 Å². The average Bonchev–Trinajstić information content (AvgIpc) is 3.07. The highest BCUT2D eigenvalue weighted by Gasteiger charge is 2.23. The lowest BCUT2D eigenvalue weighted by Gasteiger charge is -2.13. The molecule has 6 heteroatoms. The number of aryl methyl sites for hydroxylation is 1. The first-order chi connectivity index (χ1) is 12.1. The zero-order valence-electron chi connectivity index (χ0n) is 13.9. The van der Waals surface area contributed by atoms with Crippen LogP contribution in [0.25, 0.3) is 16.6 Å². The smallest absolute Gasteiger partial charge is 0.208 e. The Kier molecular flexibility index (Phi) is 3.94. The van der Waals surface area contributed by atoms with Gasteiger partial charge in [0.25, 0.3) is 0 Å². The zero-order valence-corrected chi connectivity index (χ0v) is 14.7. The van der Waals surface area contributed by atoms with Crippen LogP contribution in [0.2, 0.25) is 0 Å². The van der Waals surface area contributed by atoms with E-state index in [9.17, 15) is 8.42 Å². The maximum absolute atomic E-state index is 13.1. The molecule has 0 atom stereocenters. The molecule has 1 aliphatic heterocycles. The van der Waals surface area contributed by atoms with Gasteiger partial charge in [0.2, 0.25) is 9.84 Å². The molecule has 3 aromatic rings. The van der Waals surface area contributed by atoms with Gasteiger partial charge in [0.15, 0.2) is 0 Å². The van der Waals surface area contributed by atoms with Crippen LogP contribution in [-0.2, 0) is 9.84 Å². The predicted octanol–water partition coefficient (Wildman–Crippen LogP) is 3.08. The number of aromatic nitrogens is 2. The van der Waals surface area contributed by atoms with E-state index >= 15 is 0 Å². The van der Waals surface area contributed by atoms with Gasteiger partial charge in [0.05, 0.1) is 20.8 Å². The van der Waals surface area contributed by atoms with Crippen LogP contribution in [0.5, 0.6) is 0 Å². The monoisotopic (exact) mass is 353 g/mol. The number of aromatic amines is 1. The maximum Gasteiger partial charge on any atom is 0.208 e. The van der Waals surface area contributed by atoms with E-state index in [1.807, 2.05) is 25.3 Å². The van der Waals surface area contributed by atoms with Gasteiger partial charge in [-0.25, -0.2) is 8.42 Å². The molecule has 0 aliphatic carbocycles. The molecule has 1 aromatic carbocycles. The second-order valence-electron chi connectivity index (χ2n) is 6.24. The van der Waals surface area contributed by atoms with Gasteiger partial charge in [0, 0.05) is 24.5 Å². The SMILES string of the molecule is Cc1ccc(S(=O)(=O)c2ccnc3c(C4=CCNCC4)c[nH]c23)cc1. The summed E-state index contributed by atoms with van der Waals surface area (Å²) in [6.07, 6.45) is 6.48. The number of rotatable bonds is 3. The molecule has 128 valence electrons. The van der Waals surface area contributed by atoms with Crippen molar-refractivity contribution in [1.29, 1.82) is 0 Å². The Morgan fingerprint density at radius 3 is 2.64 bits per heavy atom. The van der Waals surface area contributed by atoms with Crippen molar-refractivity contribution in [1.82, 2.24) is 15.3 Å². The normalized spacial score (nSPS) is 15.3. The second-order valence-corrected chi connectivity index (χ2v) is 8.15. The number of fused-ring (bicyclic) bond motifs is 1. The lowest BCUT2D eigenvalue weighted by atomic mass is 10.0. The highest BCUT2D eigenvalue weighted by atomic mass is 32.2. The van der Waals surface area contributed by atoms with E-state index in [0.717, 1.165) is 30.6 Å². The summed E-state index contributed by atoms with van der Waals surface area (Å²) in [5.41, 5.74) is 4.48. The van der Waals surface area contributed by atoms with Crippen molar-refractivity contribution in [3.8, 4) is 0 Å². The summed E-state index contributed by atoms with van der Waals surface area (Å²) >= 11 is 0. The van der Waals surface area contributed by atoms with Crippen molar-refractivity contribution >= 4 is 26.4 Å². The molecule has 1 aliphatic rings. The molecule has 0 radical (unpaired) electrons. The van der Waals surface area contributed by atoms with Gasteiger partial charge in [-0.05, 0) is 43.7 Å². The summed E-state index contributed by atoms with van der Waals surface area (Å²) in [6, 6.07) is 8.48. The molecule has 4 rings (SSSR count). The number of nitrogens with one attached hydrogen (secondary N) is 2. The minimum absolute atomic E-state index is 0.266. The highest BCUT2D eigenvalue weighted by molar-refractivity contribution is 7.91. The summed E-state index contributed by atoms with van der Waals surface area (Å²) in [7, 11) is -3.60. The van der Waals surface area contributed by atoms with Crippen molar-refractivity contribution < 1.29 is 8.42 Å². The van der Waals surface area contributed by atoms with E-state index in [4.69, 9.17) is 0 Å². The molecule has 0 bridgehead atoms. The molecule has 5 nitrogen and oxygen atoms in total. The van der Waals surface area contributed by atoms with Gasteiger partial charge < -0.3 is 10.3 Å². The standard InChI is InChI=1S/C19H19N3O2S/c1-13-2-4-15(5-3-13)25(23,24)17-8-11-21-18-16(12-22-19(17)18)14-6-9-20-10-7-14/h2-6,8,11-12,20,22H,7,9-10H2,1H3. The molecule has 0 saturated carbocycles. The molecule has 0 fully saturated rings. The fraction of sp³-hybridized carbons (Fsp3) is 0.211. The van der Waals surface area contributed by atoms with Crippen molar-refractivity contribution in [2.75, 3.05) is 13.1 Å². The Balaban J connectivity index is 1.87. The van der Waals surface area contributed by atoms with Gasteiger partial charge >= 0.3 is 0 Å². The molecular formula is C19H19N3O2S. The molecule has 0 amide bonds. The Hall–Kier alpha value is -2.44. The minimum Gasteiger partial charge on any atom is -0.358 e. The van der Waals surface area contributed by atoms with E-state index in [1.54, 1.807) is 24.4 Å². The molecule has 2 N–H and O–H groups in total. The van der Waals surface area contributed by atoms with Crippen molar-refractivity contribution in [3.05, 3.63) is 59.9 Å². The fourth-order valence-electron chi connectivity index (χ4n) is 3.18. The van der Waals surface area contributed by atoms with Crippen molar-refractivity contribution in [2.45, 2.75) is 23.1 Å². The lowest BCUT2D eigenvalue weighted by Crippen LogP contribution is -2.19. The Morgan fingerprint density at radius 1 is 1.12 bits per heavy atom. The predicted molar refractivity (Wildman–Crippen MR) is 98.2 cm³/mol. The average molecular weight is 353 g/mol. The van der Waals surface area contributed by atoms with Crippen LogP contribution in [0, 0.1) is 6.92 Å². The van der Waals surface area contributed by atoms with Crippen LogP contribution in [0.1, 0.15) is 17.5 Å². The van der Waals surface area contributed by atoms with E-state index in [1.165, 1.54) is 5.57 Å².